The van der Waals surface area contributed by atoms with Gasteiger partial charge < -0.3 is 4.57 Å². The third kappa shape index (κ3) is 3.19. The van der Waals surface area contributed by atoms with E-state index in [1.807, 2.05) is 29.5 Å². The van der Waals surface area contributed by atoms with Gasteiger partial charge >= 0.3 is 0 Å². The van der Waals surface area contributed by atoms with Gasteiger partial charge in [0.2, 0.25) is 0 Å². The van der Waals surface area contributed by atoms with Crippen molar-refractivity contribution in [3.05, 3.63) is 28.4 Å². The molecule has 4 aromatic rings. The number of pyridine rings is 1. The summed E-state index contributed by atoms with van der Waals surface area (Å²) in [7, 11) is 1.94. The number of nitrogens with zero attached hydrogens (tertiary/aromatic N) is 7. The van der Waals surface area contributed by atoms with E-state index in [-0.39, 0.29) is 0 Å². The van der Waals surface area contributed by atoms with Gasteiger partial charge in [-0.3, -0.25) is 9.78 Å². The first-order valence-corrected chi connectivity index (χ1v) is 10.4. The van der Waals surface area contributed by atoms with Crippen molar-refractivity contribution in [2.75, 3.05) is 0 Å². The summed E-state index contributed by atoms with van der Waals surface area (Å²) in [5.74, 6) is 0.825. The average molecular weight is 411 g/mol. The molecule has 4 heterocycles. The Balaban J connectivity index is 2.07. The van der Waals surface area contributed by atoms with Crippen LogP contribution in [-0.2, 0) is 20.1 Å². The van der Waals surface area contributed by atoms with Crippen LogP contribution in [0.5, 0.6) is 0 Å². The van der Waals surface area contributed by atoms with Crippen LogP contribution in [0.25, 0.3) is 33.7 Å². The van der Waals surface area contributed by atoms with Gasteiger partial charge in [-0.05, 0) is 45.0 Å². The lowest BCUT2D eigenvalue weighted by Gasteiger charge is -2.10. The van der Waals surface area contributed by atoms with Gasteiger partial charge in [-0.1, -0.05) is 13.8 Å². The predicted octanol–water partition coefficient (Wildman–Crippen LogP) is 4.19. The Hall–Kier alpha value is -2.81. The molecular formula is C20H26N8S. The highest BCUT2D eigenvalue weighted by Crippen LogP contribution is 2.34. The minimum absolute atomic E-state index is 0.629. The van der Waals surface area contributed by atoms with Crippen LogP contribution in [0.2, 0.25) is 0 Å². The highest BCUT2D eigenvalue weighted by Gasteiger charge is 2.21. The number of aromatic nitrogens is 8. The fourth-order valence-electron chi connectivity index (χ4n) is 3.74. The molecule has 29 heavy (non-hydrogen) atoms. The van der Waals surface area contributed by atoms with E-state index in [1.165, 1.54) is 0 Å². The molecule has 0 aliphatic rings. The van der Waals surface area contributed by atoms with E-state index in [9.17, 15) is 0 Å². The van der Waals surface area contributed by atoms with Crippen LogP contribution in [-0.4, -0.2) is 39.3 Å². The lowest BCUT2D eigenvalue weighted by molar-refractivity contribution is 0.612. The zero-order valence-electron chi connectivity index (χ0n) is 17.5. The first kappa shape index (κ1) is 19.5. The van der Waals surface area contributed by atoms with Crippen LogP contribution in [0.4, 0.5) is 0 Å². The van der Waals surface area contributed by atoms with Crippen LogP contribution in [0.15, 0.2) is 12.3 Å². The molecule has 4 rings (SSSR count). The quantitative estimate of drug-likeness (QED) is 0.482. The number of nitrogens with one attached hydrogen (secondary N) is 1. The smallest absolute Gasteiger partial charge is 0.195 e. The lowest BCUT2D eigenvalue weighted by Crippen LogP contribution is -2.03. The molecule has 152 valence electrons. The van der Waals surface area contributed by atoms with E-state index >= 15 is 0 Å². The Morgan fingerprint density at radius 1 is 1.10 bits per heavy atom. The second-order valence-electron chi connectivity index (χ2n) is 7.33. The van der Waals surface area contributed by atoms with Crippen molar-refractivity contribution in [3.8, 4) is 22.6 Å². The molecule has 0 radical (unpaired) electrons. The molecule has 9 heteroatoms. The zero-order valence-corrected chi connectivity index (χ0v) is 18.3. The summed E-state index contributed by atoms with van der Waals surface area (Å²) >= 11 is 5.49. The van der Waals surface area contributed by atoms with Gasteiger partial charge in [0.25, 0.3) is 0 Å². The Morgan fingerprint density at radius 3 is 2.52 bits per heavy atom. The van der Waals surface area contributed by atoms with E-state index < -0.39 is 0 Å². The van der Waals surface area contributed by atoms with Crippen molar-refractivity contribution in [1.29, 1.82) is 0 Å². The first-order valence-electron chi connectivity index (χ1n) is 9.98. The molecule has 0 saturated carbocycles. The summed E-state index contributed by atoms with van der Waals surface area (Å²) < 4.78 is 6.54. The van der Waals surface area contributed by atoms with Gasteiger partial charge in [-0.2, -0.15) is 15.3 Å². The fraction of sp³-hybridized carbons (Fsp3) is 0.450. The lowest BCUT2D eigenvalue weighted by atomic mass is 10.1. The third-order valence-electron chi connectivity index (χ3n) is 5.27. The molecule has 0 unspecified atom stereocenters. The molecule has 0 aromatic carbocycles. The third-order valence-corrected chi connectivity index (χ3v) is 5.58. The number of aromatic amines is 1. The molecule has 0 saturated heterocycles. The summed E-state index contributed by atoms with van der Waals surface area (Å²) in [6, 6.07) is 2.09. The van der Waals surface area contributed by atoms with Crippen molar-refractivity contribution < 1.29 is 0 Å². The number of fused-ring (bicyclic) bond motifs is 1. The van der Waals surface area contributed by atoms with Crippen molar-refractivity contribution in [2.24, 2.45) is 7.05 Å². The molecule has 8 nitrogen and oxygen atoms in total. The Kier molecular flexibility index (Phi) is 5.08. The predicted molar refractivity (Wildman–Crippen MR) is 116 cm³/mol. The molecule has 0 atom stereocenters. The number of hydrogen-bond donors (Lipinski definition) is 1. The maximum Gasteiger partial charge on any atom is 0.195 e. The molecule has 1 N–H and O–H groups in total. The van der Waals surface area contributed by atoms with E-state index in [4.69, 9.17) is 22.3 Å². The fourth-order valence-corrected chi connectivity index (χ4v) is 3.96. The molecule has 0 aliphatic heterocycles. The Morgan fingerprint density at radius 2 is 1.86 bits per heavy atom. The maximum absolute atomic E-state index is 5.49. The minimum atomic E-state index is 0.629. The second kappa shape index (κ2) is 7.55. The van der Waals surface area contributed by atoms with Crippen LogP contribution < -0.4 is 0 Å². The van der Waals surface area contributed by atoms with Gasteiger partial charge in [-0.15, -0.1) is 0 Å². The highest BCUT2D eigenvalue weighted by atomic mass is 32.1. The molecule has 0 spiro atoms. The zero-order chi connectivity index (χ0) is 20.7. The van der Waals surface area contributed by atoms with E-state index in [1.54, 1.807) is 0 Å². The van der Waals surface area contributed by atoms with Crippen molar-refractivity contribution >= 4 is 23.3 Å². The van der Waals surface area contributed by atoms with Crippen LogP contribution in [0.3, 0.4) is 0 Å². The van der Waals surface area contributed by atoms with Crippen LogP contribution >= 0.6 is 12.2 Å². The Labute approximate surface area is 174 Å². The summed E-state index contributed by atoms with van der Waals surface area (Å²) in [5, 5.41) is 17.7. The van der Waals surface area contributed by atoms with Crippen LogP contribution in [0, 0.1) is 18.6 Å². The normalized spacial score (nSPS) is 11.6. The molecular weight excluding hydrogens is 384 g/mol. The Bertz CT molecular complexity index is 1240. The highest BCUT2D eigenvalue weighted by molar-refractivity contribution is 7.71. The topological polar surface area (TPSA) is 82.1 Å². The van der Waals surface area contributed by atoms with E-state index in [0.29, 0.717) is 4.77 Å². The maximum atomic E-state index is 5.49. The number of hydrogen-bond acceptors (Lipinski definition) is 5. The summed E-state index contributed by atoms with van der Waals surface area (Å²) in [6.45, 7) is 9.97. The summed E-state index contributed by atoms with van der Waals surface area (Å²) in [5.41, 5.74) is 5.75. The monoisotopic (exact) mass is 410 g/mol. The van der Waals surface area contributed by atoms with Crippen molar-refractivity contribution in [2.45, 2.75) is 53.6 Å². The van der Waals surface area contributed by atoms with Crippen molar-refractivity contribution in [1.82, 2.24) is 39.3 Å². The second-order valence-corrected chi connectivity index (χ2v) is 7.72. The van der Waals surface area contributed by atoms with Gasteiger partial charge in [0.05, 0.1) is 23.0 Å². The van der Waals surface area contributed by atoms with Gasteiger partial charge in [0.1, 0.15) is 0 Å². The average Bonchev–Trinajstić information content (AvgIpc) is 3.33. The standard InChI is InChI=1S/C20H26N8S/c1-6-8-27-18(23-24-20(27)29)14-10-16(15-11-21-26(5)13(15)4)22-19-17(14)12(3)25-28(19)9-7-2/h10-11H,6-9H2,1-5H3,(H,24,29). The minimum Gasteiger partial charge on any atom is -0.300 e. The number of aryl methyl sites for hydroxylation is 3. The molecule has 0 aliphatic carbocycles. The summed E-state index contributed by atoms with van der Waals surface area (Å²) in [6.07, 6.45) is 3.82. The number of H-pyrrole nitrogens is 1. The molecule has 4 aromatic heterocycles. The molecule has 0 amide bonds. The SMILES string of the molecule is CCCn1c(-c2cc(-c3cnn(C)c3C)nc3c2c(C)nn3CCC)n[nH]c1=S. The van der Waals surface area contributed by atoms with Gasteiger partial charge in [-0.25, -0.2) is 9.67 Å². The van der Waals surface area contributed by atoms with Crippen LogP contribution in [0.1, 0.15) is 38.1 Å². The first-order chi connectivity index (χ1) is 14.0. The summed E-state index contributed by atoms with van der Waals surface area (Å²) in [4.78, 5) is 5.00. The van der Waals surface area contributed by atoms with E-state index in [0.717, 1.165) is 71.0 Å². The largest absolute Gasteiger partial charge is 0.300 e. The molecule has 0 fully saturated rings. The van der Waals surface area contributed by atoms with Crippen molar-refractivity contribution in [3.63, 3.8) is 0 Å². The van der Waals surface area contributed by atoms with Gasteiger partial charge in [0.15, 0.2) is 16.2 Å². The van der Waals surface area contributed by atoms with E-state index in [2.05, 4.69) is 46.7 Å². The number of rotatable bonds is 6. The molecule has 0 bridgehead atoms. The van der Waals surface area contributed by atoms with Gasteiger partial charge in [0, 0.05) is 37.0 Å².